The minimum absolute atomic E-state index is 0.620. The molecular formula is C11H21NO2. The standard InChI is InChI=1S/C11H21NO2/c1-4-12(7-9-5-6-9)8-11(2,3)10(13)14/h9H,4-8H2,1-3H3,(H,13,14). The number of carboxylic acid groups (broad SMARTS) is 1. The van der Waals surface area contributed by atoms with E-state index in [1.165, 1.54) is 12.8 Å². The molecule has 0 aromatic rings. The van der Waals surface area contributed by atoms with Crippen molar-refractivity contribution in [2.75, 3.05) is 19.6 Å². The Hall–Kier alpha value is -0.570. The van der Waals surface area contributed by atoms with Crippen LogP contribution in [0.5, 0.6) is 0 Å². The predicted molar refractivity (Wildman–Crippen MR) is 56.3 cm³/mol. The molecule has 1 aliphatic carbocycles. The second kappa shape index (κ2) is 4.30. The van der Waals surface area contributed by atoms with E-state index in [0.29, 0.717) is 6.54 Å². The summed E-state index contributed by atoms with van der Waals surface area (Å²) in [6.45, 7) is 8.38. The summed E-state index contributed by atoms with van der Waals surface area (Å²) in [7, 11) is 0. The third-order valence-corrected chi connectivity index (χ3v) is 2.86. The minimum Gasteiger partial charge on any atom is -0.481 e. The average Bonchev–Trinajstić information content (AvgIpc) is 2.86. The third-order valence-electron chi connectivity index (χ3n) is 2.86. The molecule has 0 bridgehead atoms. The molecule has 0 aromatic heterocycles. The number of nitrogens with zero attached hydrogens (tertiary/aromatic N) is 1. The molecule has 14 heavy (non-hydrogen) atoms. The molecule has 0 aliphatic heterocycles. The van der Waals surface area contributed by atoms with Crippen LogP contribution in [0.25, 0.3) is 0 Å². The molecular weight excluding hydrogens is 178 g/mol. The second-order valence-electron chi connectivity index (χ2n) is 4.96. The van der Waals surface area contributed by atoms with Gasteiger partial charge in [0.2, 0.25) is 0 Å². The zero-order valence-electron chi connectivity index (χ0n) is 9.42. The first-order valence-corrected chi connectivity index (χ1v) is 5.41. The van der Waals surface area contributed by atoms with Crippen LogP contribution >= 0.6 is 0 Å². The van der Waals surface area contributed by atoms with Crippen molar-refractivity contribution in [3.63, 3.8) is 0 Å². The first-order chi connectivity index (χ1) is 6.45. The lowest BCUT2D eigenvalue weighted by Crippen LogP contribution is -2.40. The van der Waals surface area contributed by atoms with Crippen LogP contribution in [0.3, 0.4) is 0 Å². The zero-order valence-corrected chi connectivity index (χ0v) is 9.42. The Morgan fingerprint density at radius 3 is 2.43 bits per heavy atom. The van der Waals surface area contributed by atoms with Gasteiger partial charge in [0.1, 0.15) is 0 Å². The van der Waals surface area contributed by atoms with Crippen LogP contribution in [0.15, 0.2) is 0 Å². The van der Waals surface area contributed by atoms with Crippen molar-refractivity contribution in [3.05, 3.63) is 0 Å². The third kappa shape index (κ3) is 3.29. The molecule has 0 atom stereocenters. The molecule has 82 valence electrons. The van der Waals surface area contributed by atoms with Crippen molar-refractivity contribution in [1.29, 1.82) is 0 Å². The smallest absolute Gasteiger partial charge is 0.310 e. The molecule has 1 fully saturated rings. The van der Waals surface area contributed by atoms with E-state index < -0.39 is 11.4 Å². The number of aliphatic carboxylic acids is 1. The van der Waals surface area contributed by atoms with Crippen molar-refractivity contribution in [2.45, 2.75) is 33.6 Å². The Balaban J connectivity index is 2.41. The fraction of sp³-hybridized carbons (Fsp3) is 0.909. The van der Waals surface area contributed by atoms with E-state index in [2.05, 4.69) is 11.8 Å². The average molecular weight is 199 g/mol. The SMILES string of the molecule is CCN(CC1CC1)CC(C)(C)C(=O)O. The molecule has 0 unspecified atom stereocenters. The second-order valence-corrected chi connectivity index (χ2v) is 4.96. The Kier molecular flexibility index (Phi) is 3.53. The summed E-state index contributed by atoms with van der Waals surface area (Å²) in [5.41, 5.74) is -0.620. The van der Waals surface area contributed by atoms with Crippen LogP contribution in [0.1, 0.15) is 33.6 Å². The summed E-state index contributed by atoms with van der Waals surface area (Å²) in [5, 5.41) is 9.01. The van der Waals surface area contributed by atoms with Crippen molar-refractivity contribution in [3.8, 4) is 0 Å². The van der Waals surface area contributed by atoms with E-state index in [-0.39, 0.29) is 0 Å². The first kappa shape index (κ1) is 11.5. The van der Waals surface area contributed by atoms with Gasteiger partial charge in [-0.25, -0.2) is 0 Å². The summed E-state index contributed by atoms with van der Waals surface area (Å²) in [6, 6.07) is 0. The summed E-state index contributed by atoms with van der Waals surface area (Å²) < 4.78 is 0. The summed E-state index contributed by atoms with van der Waals surface area (Å²) in [5.74, 6) is 0.131. The molecule has 1 N–H and O–H groups in total. The molecule has 0 heterocycles. The van der Waals surface area contributed by atoms with Gasteiger partial charge in [-0.3, -0.25) is 4.79 Å². The maximum Gasteiger partial charge on any atom is 0.310 e. The Morgan fingerprint density at radius 2 is 2.07 bits per heavy atom. The molecule has 0 radical (unpaired) electrons. The van der Waals surface area contributed by atoms with Crippen molar-refractivity contribution < 1.29 is 9.90 Å². The highest BCUT2D eigenvalue weighted by atomic mass is 16.4. The molecule has 0 amide bonds. The van der Waals surface area contributed by atoms with Gasteiger partial charge >= 0.3 is 5.97 Å². The highest BCUT2D eigenvalue weighted by Gasteiger charge is 2.31. The first-order valence-electron chi connectivity index (χ1n) is 5.41. The van der Waals surface area contributed by atoms with Crippen molar-refractivity contribution in [1.82, 2.24) is 4.90 Å². The molecule has 0 saturated heterocycles. The van der Waals surface area contributed by atoms with E-state index in [0.717, 1.165) is 19.0 Å². The fourth-order valence-electron chi connectivity index (χ4n) is 1.60. The molecule has 1 aliphatic rings. The van der Waals surface area contributed by atoms with E-state index in [4.69, 9.17) is 5.11 Å². The van der Waals surface area contributed by atoms with Gasteiger partial charge in [0, 0.05) is 13.1 Å². The normalized spacial score (nSPS) is 17.4. The number of hydrogen-bond donors (Lipinski definition) is 1. The number of hydrogen-bond acceptors (Lipinski definition) is 2. The largest absolute Gasteiger partial charge is 0.481 e. The van der Waals surface area contributed by atoms with Crippen molar-refractivity contribution in [2.24, 2.45) is 11.3 Å². The van der Waals surface area contributed by atoms with Gasteiger partial charge in [-0.15, -0.1) is 0 Å². The lowest BCUT2D eigenvalue weighted by atomic mass is 9.93. The lowest BCUT2D eigenvalue weighted by molar-refractivity contribution is -0.148. The minimum atomic E-state index is -0.702. The van der Waals surface area contributed by atoms with Gasteiger partial charge in [0.25, 0.3) is 0 Å². The van der Waals surface area contributed by atoms with Crippen LogP contribution in [-0.2, 0) is 4.79 Å². The molecule has 0 aromatic carbocycles. The molecule has 3 heteroatoms. The summed E-state index contributed by atoms with van der Waals surface area (Å²) in [4.78, 5) is 13.2. The quantitative estimate of drug-likeness (QED) is 0.709. The van der Waals surface area contributed by atoms with Crippen LogP contribution in [0.2, 0.25) is 0 Å². The number of rotatable bonds is 6. The number of carbonyl (C=O) groups is 1. The lowest BCUT2D eigenvalue weighted by Gasteiger charge is -2.28. The van der Waals surface area contributed by atoms with Gasteiger partial charge in [-0.2, -0.15) is 0 Å². The monoisotopic (exact) mass is 199 g/mol. The van der Waals surface area contributed by atoms with Gasteiger partial charge in [0.15, 0.2) is 0 Å². The van der Waals surface area contributed by atoms with Gasteiger partial charge in [-0.05, 0) is 39.2 Å². The van der Waals surface area contributed by atoms with Crippen LogP contribution in [0.4, 0.5) is 0 Å². The maximum absolute atomic E-state index is 10.9. The van der Waals surface area contributed by atoms with E-state index in [1.807, 2.05) is 0 Å². The van der Waals surface area contributed by atoms with E-state index in [9.17, 15) is 4.79 Å². The Labute approximate surface area is 86.1 Å². The fourth-order valence-corrected chi connectivity index (χ4v) is 1.60. The van der Waals surface area contributed by atoms with Crippen LogP contribution in [-0.4, -0.2) is 35.6 Å². The highest BCUT2D eigenvalue weighted by molar-refractivity contribution is 5.73. The summed E-state index contributed by atoms with van der Waals surface area (Å²) in [6.07, 6.45) is 2.65. The van der Waals surface area contributed by atoms with Crippen molar-refractivity contribution >= 4 is 5.97 Å². The highest BCUT2D eigenvalue weighted by Crippen LogP contribution is 2.30. The summed E-state index contributed by atoms with van der Waals surface area (Å²) >= 11 is 0. The topological polar surface area (TPSA) is 40.5 Å². The molecule has 3 nitrogen and oxygen atoms in total. The van der Waals surface area contributed by atoms with Gasteiger partial charge in [-0.1, -0.05) is 6.92 Å². The van der Waals surface area contributed by atoms with E-state index >= 15 is 0 Å². The van der Waals surface area contributed by atoms with Crippen LogP contribution in [0, 0.1) is 11.3 Å². The zero-order chi connectivity index (χ0) is 10.8. The number of carboxylic acids is 1. The van der Waals surface area contributed by atoms with E-state index in [1.54, 1.807) is 13.8 Å². The maximum atomic E-state index is 10.9. The Bertz CT molecular complexity index is 209. The molecule has 1 saturated carbocycles. The molecule has 1 rings (SSSR count). The molecule has 0 spiro atoms. The van der Waals surface area contributed by atoms with Crippen LogP contribution < -0.4 is 0 Å². The van der Waals surface area contributed by atoms with Gasteiger partial charge in [0.05, 0.1) is 5.41 Å². The Morgan fingerprint density at radius 1 is 1.50 bits per heavy atom. The van der Waals surface area contributed by atoms with Gasteiger partial charge < -0.3 is 10.0 Å². The predicted octanol–water partition coefficient (Wildman–Crippen LogP) is 1.83.